The number of hydrogen-bond donors (Lipinski definition) is 2. The third kappa shape index (κ3) is 1.62. The van der Waals surface area contributed by atoms with Gasteiger partial charge in [0.05, 0.1) is 0 Å². The molecule has 1 aliphatic carbocycles. The van der Waals surface area contributed by atoms with E-state index >= 15 is 0 Å². The zero-order valence-electron chi connectivity index (χ0n) is 7.81. The highest BCUT2D eigenvalue weighted by Gasteiger charge is 2.47. The summed E-state index contributed by atoms with van der Waals surface area (Å²) in [4.78, 5) is 22.6. The van der Waals surface area contributed by atoms with Gasteiger partial charge in [-0.2, -0.15) is 0 Å². The first-order valence-corrected chi connectivity index (χ1v) is 6.38. The highest BCUT2D eigenvalue weighted by Crippen LogP contribution is 2.34. The third-order valence-corrected chi connectivity index (χ3v) is 4.44. The smallest absolute Gasteiger partial charge is 0.322 e. The van der Waals surface area contributed by atoms with E-state index in [4.69, 9.17) is 0 Å². The highest BCUT2D eigenvalue weighted by atomic mass is 127. The standard InChI is InChI=1S/C9H13IN2O2/c10-5-6-1-3-9(4-2-6)7(13)11-8(14)12-9/h6H,1-5H2,(H2,11,12,13,14)/t6-,9+. The molecule has 0 bridgehead atoms. The lowest BCUT2D eigenvalue weighted by atomic mass is 9.77. The molecular formula is C9H13IN2O2. The molecule has 0 aromatic rings. The molecule has 0 aromatic carbocycles. The van der Waals surface area contributed by atoms with E-state index in [0.29, 0.717) is 5.92 Å². The number of hydrogen-bond acceptors (Lipinski definition) is 2. The van der Waals surface area contributed by atoms with Crippen LogP contribution in [0.3, 0.4) is 0 Å². The van der Waals surface area contributed by atoms with Crippen molar-refractivity contribution in [3.05, 3.63) is 0 Å². The summed E-state index contributed by atoms with van der Waals surface area (Å²) in [6.45, 7) is 0. The van der Waals surface area contributed by atoms with Crippen molar-refractivity contribution in [2.24, 2.45) is 5.92 Å². The maximum atomic E-state index is 11.6. The summed E-state index contributed by atoms with van der Waals surface area (Å²) in [5.74, 6) is 0.584. The van der Waals surface area contributed by atoms with E-state index in [-0.39, 0.29) is 11.9 Å². The molecule has 1 spiro atoms. The topological polar surface area (TPSA) is 58.2 Å². The summed E-state index contributed by atoms with van der Waals surface area (Å²) in [7, 11) is 0. The normalized spacial score (nSPS) is 37.1. The Morgan fingerprint density at radius 2 is 2.00 bits per heavy atom. The number of alkyl halides is 1. The van der Waals surface area contributed by atoms with Crippen LogP contribution in [0.15, 0.2) is 0 Å². The predicted octanol–water partition coefficient (Wildman–Crippen LogP) is 1.19. The first-order valence-electron chi connectivity index (χ1n) is 4.86. The number of halogens is 1. The van der Waals surface area contributed by atoms with Crippen LogP contribution < -0.4 is 10.6 Å². The van der Waals surface area contributed by atoms with Crippen LogP contribution >= 0.6 is 22.6 Å². The van der Waals surface area contributed by atoms with Crippen LogP contribution in [0.25, 0.3) is 0 Å². The average molecular weight is 308 g/mol. The van der Waals surface area contributed by atoms with Gasteiger partial charge in [0.2, 0.25) is 0 Å². The number of amides is 3. The van der Waals surface area contributed by atoms with Gasteiger partial charge in [0, 0.05) is 4.43 Å². The van der Waals surface area contributed by atoms with E-state index in [1.165, 1.54) is 0 Å². The Labute approximate surface area is 96.3 Å². The van der Waals surface area contributed by atoms with Gasteiger partial charge in [0.1, 0.15) is 5.54 Å². The first-order chi connectivity index (χ1) is 6.66. The van der Waals surface area contributed by atoms with Gasteiger partial charge in [0.15, 0.2) is 0 Å². The summed E-state index contributed by atoms with van der Waals surface area (Å²) >= 11 is 2.38. The Hall–Kier alpha value is -0.330. The van der Waals surface area contributed by atoms with E-state index in [0.717, 1.165) is 30.1 Å². The Kier molecular flexibility index (Phi) is 2.68. The number of carbonyl (C=O) groups is 2. The van der Waals surface area contributed by atoms with Gasteiger partial charge in [-0.05, 0) is 31.6 Å². The summed E-state index contributed by atoms with van der Waals surface area (Å²) in [5.41, 5.74) is -0.570. The van der Waals surface area contributed by atoms with Crippen LogP contribution in [0.5, 0.6) is 0 Å². The van der Waals surface area contributed by atoms with Crippen LogP contribution in [-0.4, -0.2) is 21.9 Å². The van der Waals surface area contributed by atoms with E-state index in [9.17, 15) is 9.59 Å². The molecular weight excluding hydrogens is 295 g/mol. The van der Waals surface area contributed by atoms with Gasteiger partial charge < -0.3 is 5.32 Å². The van der Waals surface area contributed by atoms with Crippen LogP contribution in [0, 0.1) is 5.92 Å². The van der Waals surface area contributed by atoms with E-state index in [1.54, 1.807) is 0 Å². The fourth-order valence-electron chi connectivity index (χ4n) is 2.20. The monoisotopic (exact) mass is 308 g/mol. The number of urea groups is 1. The molecule has 3 amide bonds. The molecule has 2 fully saturated rings. The first kappa shape index (κ1) is 10.2. The van der Waals surface area contributed by atoms with Gasteiger partial charge in [0.25, 0.3) is 5.91 Å². The van der Waals surface area contributed by atoms with Crippen LogP contribution in [0.2, 0.25) is 0 Å². The largest absolute Gasteiger partial charge is 0.323 e. The Bertz CT molecular complexity index is 272. The van der Waals surface area contributed by atoms with Crippen molar-refractivity contribution in [2.75, 3.05) is 4.43 Å². The molecule has 4 nitrogen and oxygen atoms in total. The van der Waals surface area contributed by atoms with E-state index in [2.05, 4.69) is 33.2 Å². The summed E-state index contributed by atoms with van der Waals surface area (Å²) in [6, 6.07) is -0.331. The summed E-state index contributed by atoms with van der Waals surface area (Å²) in [6.07, 6.45) is 3.66. The van der Waals surface area contributed by atoms with Gasteiger partial charge >= 0.3 is 6.03 Å². The minimum Gasteiger partial charge on any atom is -0.323 e. The van der Waals surface area contributed by atoms with Crippen molar-refractivity contribution >= 4 is 34.5 Å². The van der Waals surface area contributed by atoms with Crippen LogP contribution in [0.4, 0.5) is 4.79 Å². The summed E-state index contributed by atoms with van der Waals surface area (Å²) < 4.78 is 1.14. The average Bonchev–Trinajstić information content (AvgIpc) is 2.43. The second-order valence-corrected chi connectivity index (χ2v) is 4.97. The fraction of sp³-hybridized carbons (Fsp3) is 0.778. The molecule has 0 unspecified atom stereocenters. The Morgan fingerprint density at radius 3 is 2.43 bits per heavy atom. The molecule has 1 saturated carbocycles. The van der Waals surface area contributed by atoms with Gasteiger partial charge in [-0.3, -0.25) is 10.1 Å². The molecule has 0 aromatic heterocycles. The quantitative estimate of drug-likeness (QED) is 0.434. The SMILES string of the molecule is O=C1NC(=O)[C@]2(CC[C@H](CI)CC2)N1. The molecule has 2 rings (SSSR count). The van der Waals surface area contributed by atoms with E-state index < -0.39 is 5.54 Å². The molecule has 2 aliphatic rings. The number of nitrogens with one attached hydrogen (secondary N) is 2. The molecule has 2 N–H and O–H groups in total. The maximum Gasteiger partial charge on any atom is 0.322 e. The minimum atomic E-state index is -0.570. The van der Waals surface area contributed by atoms with Crippen molar-refractivity contribution in [3.8, 4) is 0 Å². The molecule has 1 aliphatic heterocycles. The van der Waals surface area contributed by atoms with Crippen molar-refractivity contribution < 1.29 is 9.59 Å². The second-order valence-electron chi connectivity index (χ2n) is 4.09. The lowest BCUT2D eigenvalue weighted by Crippen LogP contribution is -2.49. The maximum absolute atomic E-state index is 11.6. The number of carbonyl (C=O) groups excluding carboxylic acids is 2. The predicted molar refractivity (Wildman–Crippen MR) is 60.3 cm³/mol. The molecule has 5 heteroatoms. The zero-order chi connectivity index (χ0) is 10.2. The highest BCUT2D eigenvalue weighted by molar-refractivity contribution is 14.1. The number of rotatable bonds is 1. The van der Waals surface area contributed by atoms with Crippen LogP contribution in [0.1, 0.15) is 25.7 Å². The van der Waals surface area contributed by atoms with Crippen LogP contribution in [-0.2, 0) is 4.79 Å². The Morgan fingerprint density at radius 1 is 1.36 bits per heavy atom. The van der Waals surface area contributed by atoms with Gasteiger partial charge in [-0.15, -0.1) is 0 Å². The van der Waals surface area contributed by atoms with Crippen molar-refractivity contribution in [2.45, 2.75) is 31.2 Å². The van der Waals surface area contributed by atoms with Crippen molar-refractivity contribution in [1.29, 1.82) is 0 Å². The van der Waals surface area contributed by atoms with Crippen molar-refractivity contribution in [3.63, 3.8) is 0 Å². The third-order valence-electron chi connectivity index (χ3n) is 3.19. The lowest BCUT2D eigenvalue weighted by molar-refractivity contribution is -0.125. The van der Waals surface area contributed by atoms with Gasteiger partial charge in [-0.25, -0.2) is 4.79 Å². The molecule has 78 valence electrons. The summed E-state index contributed by atoms with van der Waals surface area (Å²) in [5, 5.41) is 5.08. The van der Waals surface area contributed by atoms with Crippen molar-refractivity contribution in [1.82, 2.24) is 10.6 Å². The molecule has 1 heterocycles. The van der Waals surface area contributed by atoms with E-state index in [1.807, 2.05) is 0 Å². The van der Waals surface area contributed by atoms with Gasteiger partial charge in [-0.1, -0.05) is 22.6 Å². The second kappa shape index (κ2) is 3.67. The lowest BCUT2D eigenvalue weighted by Gasteiger charge is -2.33. The molecule has 0 radical (unpaired) electrons. The Balaban J connectivity index is 2.05. The minimum absolute atomic E-state index is 0.130. The molecule has 0 atom stereocenters. The zero-order valence-corrected chi connectivity index (χ0v) is 9.96. The molecule has 14 heavy (non-hydrogen) atoms. The fourth-order valence-corrected chi connectivity index (χ4v) is 3.09. The molecule has 1 saturated heterocycles. The number of imide groups is 1.